The van der Waals surface area contributed by atoms with Gasteiger partial charge in [0.25, 0.3) is 5.91 Å². The van der Waals surface area contributed by atoms with Gasteiger partial charge in [0.2, 0.25) is 10.0 Å². The summed E-state index contributed by atoms with van der Waals surface area (Å²) in [5.74, 6) is -0.223. The number of nitrogens with zero attached hydrogens (tertiary/aromatic N) is 2. The van der Waals surface area contributed by atoms with E-state index in [0.29, 0.717) is 30.8 Å². The molecule has 2 aromatic carbocycles. The largest absolute Gasteiger partial charge is 0.383 e. The summed E-state index contributed by atoms with van der Waals surface area (Å²) in [5.41, 5.74) is 2.77. The van der Waals surface area contributed by atoms with Crippen molar-refractivity contribution in [3.8, 4) is 0 Å². The van der Waals surface area contributed by atoms with Gasteiger partial charge in [-0.3, -0.25) is 4.79 Å². The zero-order valence-electron chi connectivity index (χ0n) is 17.1. The van der Waals surface area contributed by atoms with Gasteiger partial charge in [-0.1, -0.05) is 30.3 Å². The van der Waals surface area contributed by atoms with Crippen molar-refractivity contribution in [2.24, 2.45) is 0 Å². The average Bonchev–Trinajstić information content (AvgIpc) is 2.67. The summed E-state index contributed by atoms with van der Waals surface area (Å²) in [7, 11) is 0.907. The third-order valence-electron chi connectivity index (χ3n) is 4.69. The highest BCUT2D eigenvalue weighted by molar-refractivity contribution is 7.89. The Morgan fingerprint density at radius 1 is 1.07 bits per heavy atom. The minimum Gasteiger partial charge on any atom is -0.383 e. The normalized spacial score (nSPS) is 11.6. The molecule has 0 unspecified atom stereocenters. The predicted molar refractivity (Wildman–Crippen MR) is 110 cm³/mol. The Morgan fingerprint density at radius 3 is 2.29 bits per heavy atom. The van der Waals surface area contributed by atoms with Crippen LogP contribution in [0.25, 0.3) is 0 Å². The molecule has 7 heteroatoms. The third kappa shape index (κ3) is 4.98. The lowest BCUT2D eigenvalue weighted by Gasteiger charge is -2.24. The van der Waals surface area contributed by atoms with E-state index in [1.54, 1.807) is 25.0 Å². The highest BCUT2D eigenvalue weighted by Crippen LogP contribution is 2.24. The van der Waals surface area contributed by atoms with Crippen LogP contribution in [0.1, 0.15) is 27.0 Å². The van der Waals surface area contributed by atoms with E-state index in [-0.39, 0.29) is 10.8 Å². The summed E-state index contributed by atoms with van der Waals surface area (Å²) in [6.07, 6.45) is 0. The lowest BCUT2D eigenvalue weighted by Crippen LogP contribution is -2.34. The standard InChI is InChI=1S/C21H28N2O4S/c1-16-13-19(14-20(17(16)2)28(25,26)22(3)4)21(24)23(11-12-27-5)15-18-9-7-6-8-10-18/h6-10,13-14H,11-12,15H2,1-5H3. The maximum absolute atomic E-state index is 13.2. The first-order valence-corrected chi connectivity index (χ1v) is 10.5. The van der Waals surface area contributed by atoms with Gasteiger partial charge in [0, 0.05) is 39.9 Å². The van der Waals surface area contributed by atoms with Crippen LogP contribution in [0.2, 0.25) is 0 Å². The Kier molecular flexibility index (Phi) is 7.35. The number of amides is 1. The molecule has 6 nitrogen and oxygen atoms in total. The fourth-order valence-corrected chi connectivity index (χ4v) is 4.07. The lowest BCUT2D eigenvalue weighted by molar-refractivity contribution is 0.0680. The van der Waals surface area contributed by atoms with Gasteiger partial charge in [-0.05, 0) is 42.7 Å². The molecule has 2 rings (SSSR count). The van der Waals surface area contributed by atoms with Crippen LogP contribution < -0.4 is 0 Å². The van der Waals surface area contributed by atoms with E-state index in [9.17, 15) is 13.2 Å². The molecule has 0 saturated heterocycles. The molecule has 0 radical (unpaired) electrons. The molecule has 28 heavy (non-hydrogen) atoms. The maximum atomic E-state index is 13.2. The third-order valence-corrected chi connectivity index (χ3v) is 6.64. The Morgan fingerprint density at radius 2 is 1.71 bits per heavy atom. The Hall–Kier alpha value is -2.22. The molecule has 0 aliphatic heterocycles. The Labute approximate surface area is 167 Å². The van der Waals surface area contributed by atoms with Crippen molar-refractivity contribution in [1.29, 1.82) is 0 Å². The molecule has 2 aromatic rings. The molecule has 152 valence electrons. The van der Waals surface area contributed by atoms with Crippen LogP contribution in [0.15, 0.2) is 47.4 Å². The number of carbonyl (C=O) groups is 1. The maximum Gasteiger partial charge on any atom is 0.254 e. The van der Waals surface area contributed by atoms with Crippen LogP contribution >= 0.6 is 0 Å². The first kappa shape index (κ1) is 22.1. The van der Waals surface area contributed by atoms with Crippen LogP contribution in [0.5, 0.6) is 0 Å². The average molecular weight is 405 g/mol. The monoisotopic (exact) mass is 404 g/mol. The van der Waals surface area contributed by atoms with E-state index in [2.05, 4.69) is 0 Å². The molecular formula is C21H28N2O4S. The number of sulfonamides is 1. The fraction of sp³-hybridized carbons (Fsp3) is 0.381. The summed E-state index contributed by atoms with van der Waals surface area (Å²) in [6.45, 7) is 4.80. The first-order valence-electron chi connectivity index (χ1n) is 9.04. The fourth-order valence-electron chi connectivity index (χ4n) is 2.86. The van der Waals surface area contributed by atoms with Crippen molar-refractivity contribution < 1.29 is 17.9 Å². The molecule has 0 atom stereocenters. The van der Waals surface area contributed by atoms with Gasteiger partial charge in [-0.2, -0.15) is 0 Å². The highest BCUT2D eigenvalue weighted by Gasteiger charge is 2.24. The molecule has 0 fully saturated rings. The van der Waals surface area contributed by atoms with Gasteiger partial charge >= 0.3 is 0 Å². The van der Waals surface area contributed by atoms with Gasteiger partial charge in [0.1, 0.15) is 0 Å². The zero-order chi connectivity index (χ0) is 20.9. The molecule has 0 saturated carbocycles. The number of rotatable bonds is 8. The van der Waals surface area contributed by atoms with Gasteiger partial charge in [-0.15, -0.1) is 0 Å². The molecule has 0 aromatic heterocycles. The van der Waals surface area contributed by atoms with Gasteiger partial charge in [-0.25, -0.2) is 12.7 Å². The molecule has 0 bridgehead atoms. The molecule has 0 spiro atoms. The number of methoxy groups -OCH3 is 1. The van der Waals surface area contributed by atoms with Gasteiger partial charge < -0.3 is 9.64 Å². The second kappa shape index (κ2) is 9.32. The minimum atomic E-state index is -3.65. The Bertz CT molecular complexity index is 925. The quantitative estimate of drug-likeness (QED) is 0.679. The lowest BCUT2D eigenvalue weighted by atomic mass is 10.0. The summed E-state index contributed by atoms with van der Waals surface area (Å²) in [5, 5.41) is 0. The molecule has 0 aliphatic carbocycles. The molecule has 1 amide bonds. The second-order valence-corrected chi connectivity index (χ2v) is 9.03. The smallest absolute Gasteiger partial charge is 0.254 e. The SMILES string of the molecule is COCCN(Cc1ccccc1)C(=O)c1cc(C)c(C)c(S(=O)(=O)N(C)C)c1. The van der Waals surface area contributed by atoms with Crippen LogP contribution in [-0.2, 0) is 21.3 Å². The topological polar surface area (TPSA) is 66.9 Å². The number of hydrogen-bond acceptors (Lipinski definition) is 4. The number of ether oxygens (including phenoxy) is 1. The number of hydrogen-bond donors (Lipinski definition) is 0. The van der Waals surface area contributed by atoms with Crippen LogP contribution in [0, 0.1) is 13.8 Å². The van der Waals surface area contributed by atoms with Crippen molar-refractivity contribution in [3.05, 3.63) is 64.7 Å². The van der Waals surface area contributed by atoms with Crippen molar-refractivity contribution in [2.45, 2.75) is 25.3 Å². The van der Waals surface area contributed by atoms with Gasteiger partial charge in [0.05, 0.1) is 11.5 Å². The zero-order valence-corrected chi connectivity index (χ0v) is 17.9. The molecule has 0 aliphatic rings. The van der Waals surface area contributed by atoms with Gasteiger partial charge in [0.15, 0.2) is 0 Å². The summed E-state index contributed by atoms with van der Waals surface area (Å²) in [6, 6.07) is 12.9. The number of benzene rings is 2. The van der Waals surface area contributed by atoms with E-state index in [4.69, 9.17) is 4.74 Å². The van der Waals surface area contributed by atoms with Crippen LogP contribution in [-0.4, -0.2) is 57.9 Å². The van der Waals surface area contributed by atoms with Crippen molar-refractivity contribution in [2.75, 3.05) is 34.4 Å². The summed E-state index contributed by atoms with van der Waals surface area (Å²) in [4.78, 5) is 15.1. The van der Waals surface area contributed by atoms with E-state index >= 15 is 0 Å². The first-order chi connectivity index (χ1) is 13.2. The van der Waals surface area contributed by atoms with Crippen molar-refractivity contribution in [3.63, 3.8) is 0 Å². The van der Waals surface area contributed by atoms with Crippen molar-refractivity contribution in [1.82, 2.24) is 9.21 Å². The highest BCUT2D eigenvalue weighted by atomic mass is 32.2. The van der Waals surface area contributed by atoms with Crippen LogP contribution in [0.3, 0.4) is 0 Å². The number of carbonyl (C=O) groups excluding carboxylic acids is 1. The number of aryl methyl sites for hydroxylation is 1. The molecular weight excluding hydrogens is 376 g/mol. The minimum absolute atomic E-state index is 0.159. The van der Waals surface area contributed by atoms with Crippen LogP contribution in [0.4, 0.5) is 0 Å². The summed E-state index contributed by atoms with van der Waals surface area (Å²) >= 11 is 0. The molecule has 0 heterocycles. The molecule has 0 N–H and O–H groups in total. The second-order valence-electron chi connectivity index (χ2n) is 6.91. The predicted octanol–water partition coefficient (Wildman–Crippen LogP) is 2.84. The Balaban J connectivity index is 2.45. The summed E-state index contributed by atoms with van der Waals surface area (Å²) < 4.78 is 31.7. The van der Waals surface area contributed by atoms with E-state index in [1.807, 2.05) is 37.3 Å². The van der Waals surface area contributed by atoms with E-state index < -0.39 is 10.0 Å². The van der Waals surface area contributed by atoms with E-state index in [1.165, 1.54) is 20.2 Å². The van der Waals surface area contributed by atoms with E-state index in [0.717, 1.165) is 15.4 Å². The van der Waals surface area contributed by atoms with Crippen molar-refractivity contribution >= 4 is 15.9 Å².